The second-order valence-corrected chi connectivity index (χ2v) is 3.87. The second kappa shape index (κ2) is 5.46. The molecule has 0 saturated carbocycles. The molecule has 0 aliphatic carbocycles. The van der Waals surface area contributed by atoms with Gasteiger partial charge in [-0.05, 0) is 17.7 Å². The molecule has 0 fully saturated rings. The summed E-state index contributed by atoms with van der Waals surface area (Å²) in [5.74, 6) is -1.19. The number of ether oxygens (including phenoxy) is 1. The van der Waals surface area contributed by atoms with Crippen LogP contribution in [0.2, 0.25) is 5.02 Å². The molecular formula is C12H9ClN2O3. The lowest BCUT2D eigenvalue weighted by molar-refractivity contribution is 0.0683. The summed E-state index contributed by atoms with van der Waals surface area (Å²) in [7, 11) is 0. The molecule has 2 aromatic rings. The van der Waals surface area contributed by atoms with Crippen molar-refractivity contribution in [3.05, 3.63) is 52.9 Å². The average molecular weight is 265 g/mol. The maximum absolute atomic E-state index is 10.9. The first kappa shape index (κ1) is 12.3. The summed E-state index contributed by atoms with van der Waals surface area (Å²) in [6.07, 6.45) is 2.68. The Balaban J connectivity index is 2.13. The Morgan fingerprint density at radius 1 is 1.33 bits per heavy atom. The van der Waals surface area contributed by atoms with E-state index < -0.39 is 5.97 Å². The van der Waals surface area contributed by atoms with Gasteiger partial charge >= 0.3 is 5.97 Å². The highest BCUT2D eigenvalue weighted by Gasteiger charge is 2.13. The van der Waals surface area contributed by atoms with Crippen LogP contribution >= 0.6 is 11.6 Å². The normalized spacial score (nSPS) is 10.1. The van der Waals surface area contributed by atoms with Gasteiger partial charge < -0.3 is 9.84 Å². The van der Waals surface area contributed by atoms with Crippen molar-refractivity contribution in [3.63, 3.8) is 0 Å². The molecule has 0 unspecified atom stereocenters. The molecule has 0 saturated heterocycles. The van der Waals surface area contributed by atoms with E-state index >= 15 is 0 Å². The van der Waals surface area contributed by atoms with E-state index in [0.717, 1.165) is 5.56 Å². The number of benzene rings is 1. The molecule has 18 heavy (non-hydrogen) atoms. The van der Waals surface area contributed by atoms with Gasteiger partial charge in [-0.3, -0.25) is 0 Å². The number of carboxylic acid groups (broad SMARTS) is 1. The standard InChI is InChI=1S/C12H9ClN2O3/c13-9-3-1-2-8(6-9)7-18-11-10(12(16)17)14-4-5-15-11/h1-6H,7H2,(H,16,17). The van der Waals surface area contributed by atoms with Gasteiger partial charge in [-0.1, -0.05) is 23.7 Å². The second-order valence-electron chi connectivity index (χ2n) is 3.43. The van der Waals surface area contributed by atoms with Crippen LogP contribution in [-0.2, 0) is 6.61 Å². The highest BCUT2D eigenvalue weighted by molar-refractivity contribution is 6.30. The number of rotatable bonds is 4. The molecule has 0 aliphatic rings. The van der Waals surface area contributed by atoms with Crippen LogP contribution in [0.1, 0.15) is 16.1 Å². The van der Waals surface area contributed by atoms with Crippen molar-refractivity contribution in [2.45, 2.75) is 6.61 Å². The monoisotopic (exact) mass is 264 g/mol. The molecule has 1 aromatic heterocycles. The number of hydrogen-bond acceptors (Lipinski definition) is 4. The molecule has 1 aromatic carbocycles. The van der Waals surface area contributed by atoms with Crippen molar-refractivity contribution in [1.29, 1.82) is 0 Å². The lowest BCUT2D eigenvalue weighted by atomic mass is 10.2. The first-order valence-corrected chi connectivity index (χ1v) is 5.46. The van der Waals surface area contributed by atoms with E-state index in [1.165, 1.54) is 12.4 Å². The fraction of sp³-hybridized carbons (Fsp3) is 0.0833. The minimum Gasteiger partial charge on any atom is -0.476 e. The smallest absolute Gasteiger partial charge is 0.360 e. The summed E-state index contributed by atoms with van der Waals surface area (Å²) in [4.78, 5) is 18.4. The summed E-state index contributed by atoms with van der Waals surface area (Å²) in [6, 6.07) is 7.09. The Morgan fingerprint density at radius 2 is 2.11 bits per heavy atom. The summed E-state index contributed by atoms with van der Waals surface area (Å²) in [5, 5.41) is 9.49. The molecule has 0 bridgehead atoms. The van der Waals surface area contributed by atoms with Gasteiger partial charge in [-0.25, -0.2) is 14.8 Å². The van der Waals surface area contributed by atoms with Gasteiger partial charge in [0.05, 0.1) is 0 Å². The van der Waals surface area contributed by atoms with Crippen LogP contribution in [0, 0.1) is 0 Å². The zero-order valence-electron chi connectivity index (χ0n) is 9.21. The third-order valence-electron chi connectivity index (χ3n) is 2.13. The van der Waals surface area contributed by atoms with Crippen molar-refractivity contribution in [1.82, 2.24) is 9.97 Å². The molecule has 1 heterocycles. The van der Waals surface area contributed by atoms with Crippen molar-refractivity contribution >= 4 is 17.6 Å². The highest BCUT2D eigenvalue weighted by Crippen LogP contribution is 2.15. The third-order valence-corrected chi connectivity index (χ3v) is 2.37. The molecule has 1 N–H and O–H groups in total. The maximum Gasteiger partial charge on any atom is 0.360 e. The van der Waals surface area contributed by atoms with Gasteiger partial charge in [0.15, 0.2) is 0 Å². The van der Waals surface area contributed by atoms with Gasteiger partial charge in [0.1, 0.15) is 6.61 Å². The predicted molar refractivity (Wildman–Crippen MR) is 64.8 cm³/mol. The molecule has 0 spiro atoms. The van der Waals surface area contributed by atoms with Crippen LogP contribution in [0.25, 0.3) is 0 Å². The molecule has 0 amide bonds. The quantitative estimate of drug-likeness (QED) is 0.918. The highest BCUT2D eigenvalue weighted by atomic mass is 35.5. The van der Waals surface area contributed by atoms with E-state index in [9.17, 15) is 4.79 Å². The van der Waals surface area contributed by atoms with Gasteiger partial charge in [-0.15, -0.1) is 0 Å². The Kier molecular flexibility index (Phi) is 3.74. The van der Waals surface area contributed by atoms with E-state index in [4.69, 9.17) is 21.4 Å². The van der Waals surface area contributed by atoms with Crippen LogP contribution in [0.4, 0.5) is 0 Å². The first-order valence-electron chi connectivity index (χ1n) is 5.08. The fourth-order valence-corrected chi connectivity index (χ4v) is 1.57. The number of hydrogen-bond donors (Lipinski definition) is 1. The van der Waals surface area contributed by atoms with Crippen LogP contribution in [-0.4, -0.2) is 21.0 Å². The maximum atomic E-state index is 10.9. The number of carboxylic acids is 1. The van der Waals surface area contributed by atoms with E-state index in [1.54, 1.807) is 18.2 Å². The van der Waals surface area contributed by atoms with Gasteiger partial charge in [0.25, 0.3) is 0 Å². The van der Waals surface area contributed by atoms with Crippen LogP contribution in [0.5, 0.6) is 5.88 Å². The molecule has 0 atom stereocenters. The molecule has 92 valence electrons. The van der Waals surface area contributed by atoms with Gasteiger partial charge in [0, 0.05) is 17.4 Å². The molecule has 0 aliphatic heterocycles. The number of nitrogens with zero attached hydrogens (tertiary/aromatic N) is 2. The van der Waals surface area contributed by atoms with Crippen LogP contribution < -0.4 is 4.74 Å². The zero-order chi connectivity index (χ0) is 13.0. The summed E-state index contributed by atoms with van der Waals surface area (Å²) >= 11 is 5.83. The summed E-state index contributed by atoms with van der Waals surface area (Å²) < 4.78 is 5.33. The molecule has 5 nitrogen and oxygen atoms in total. The minimum atomic E-state index is -1.18. The predicted octanol–water partition coefficient (Wildman–Crippen LogP) is 2.41. The van der Waals surface area contributed by atoms with Crippen molar-refractivity contribution in [2.24, 2.45) is 0 Å². The Bertz CT molecular complexity index is 575. The zero-order valence-corrected chi connectivity index (χ0v) is 9.96. The SMILES string of the molecule is O=C(O)c1nccnc1OCc1cccc(Cl)c1. The minimum absolute atomic E-state index is 0.00928. The molecule has 6 heteroatoms. The molecule has 2 rings (SSSR count). The number of aromatic nitrogens is 2. The topological polar surface area (TPSA) is 72.3 Å². The Labute approximate surface area is 108 Å². The van der Waals surface area contributed by atoms with Crippen molar-refractivity contribution in [2.75, 3.05) is 0 Å². The van der Waals surface area contributed by atoms with E-state index in [2.05, 4.69) is 9.97 Å². The average Bonchev–Trinajstić information content (AvgIpc) is 2.37. The lowest BCUT2D eigenvalue weighted by Crippen LogP contribution is -2.07. The van der Waals surface area contributed by atoms with Crippen LogP contribution in [0.15, 0.2) is 36.7 Å². The first-order chi connectivity index (χ1) is 8.66. The van der Waals surface area contributed by atoms with E-state index in [1.807, 2.05) is 6.07 Å². The Morgan fingerprint density at radius 3 is 2.83 bits per heavy atom. The number of carbonyl (C=O) groups is 1. The van der Waals surface area contributed by atoms with Gasteiger partial charge in [-0.2, -0.15) is 0 Å². The van der Waals surface area contributed by atoms with E-state index in [0.29, 0.717) is 5.02 Å². The van der Waals surface area contributed by atoms with Gasteiger partial charge in [0.2, 0.25) is 11.6 Å². The number of halogens is 1. The lowest BCUT2D eigenvalue weighted by Gasteiger charge is -2.07. The van der Waals surface area contributed by atoms with Crippen LogP contribution in [0.3, 0.4) is 0 Å². The van der Waals surface area contributed by atoms with E-state index in [-0.39, 0.29) is 18.2 Å². The Hall–Kier alpha value is -2.14. The summed E-state index contributed by atoms with van der Waals surface area (Å²) in [6.45, 7) is 0.180. The molecular weight excluding hydrogens is 256 g/mol. The van der Waals surface area contributed by atoms with Crippen molar-refractivity contribution < 1.29 is 14.6 Å². The molecule has 0 radical (unpaired) electrons. The number of aromatic carboxylic acids is 1. The largest absolute Gasteiger partial charge is 0.476 e. The third kappa shape index (κ3) is 2.95. The fourth-order valence-electron chi connectivity index (χ4n) is 1.36. The van der Waals surface area contributed by atoms with Crippen molar-refractivity contribution in [3.8, 4) is 5.88 Å². The summed E-state index contributed by atoms with van der Waals surface area (Å²) in [5.41, 5.74) is 0.615.